The van der Waals surface area contributed by atoms with Gasteiger partial charge < -0.3 is 15.4 Å². The smallest absolute Gasteiger partial charge is 0.265 e. The lowest BCUT2D eigenvalue weighted by atomic mass is 10.1. The molecule has 3 rings (SSSR count). The van der Waals surface area contributed by atoms with Crippen LogP contribution in [0.5, 0.6) is 5.75 Å². The average molecular weight is 417 g/mol. The molecule has 160 valence electrons. The lowest BCUT2D eigenvalue weighted by Gasteiger charge is -2.18. The highest BCUT2D eigenvalue weighted by atomic mass is 16.5. The Balaban J connectivity index is 1.61. The van der Waals surface area contributed by atoms with Gasteiger partial charge in [0.05, 0.1) is 11.3 Å². The number of ether oxygens (including phenoxy) is 1. The molecule has 5 nitrogen and oxygen atoms in total. The van der Waals surface area contributed by atoms with Crippen LogP contribution in [0.1, 0.15) is 35.3 Å². The Kier molecular flexibility index (Phi) is 7.82. The molecule has 0 saturated carbocycles. The van der Waals surface area contributed by atoms with E-state index < -0.39 is 6.10 Å². The number of benzene rings is 3. The van der Waals surface area contributed by atoms with Gasteiger partial charge in [0, 0.05) is 6.54 Å². The molecule has 2 N–H and O–H groups in total. The van der Waals surface area contributed by atoms with Crippen molar-refractivity contribution in [1.29, 1.82) is 0 Å². The normalized spacial score (nSPS) is 11.4. The Morgan fingerprint density at radius 2 is 1.58 bits per heavy atom. The van der Waals surface area contributed by atoms with Gasteiger partial charge in [0.25, 0.3) is 11.8 Å². The fraction of sp³-hybridized carbons (Fsp3) is 0.231. The zero-order valence-electron chi connectivity index (χ0n) is 17.9. The lowest BCUT2D eigenvalue weighted by Crippen LogP contribution is -2.32. The highest BCUT2D eigenvalue weighted by molar-refractivity contribution is 6.04. The number of hydrogen-bond acceptors (Lipinski definition) is 3. The molecule has 0 fully saturated rings. The third kappa shape index (κ3) is 6.19. The van der Waals surface area contributed by atoms with Crippen LogP contribution >= 0.6 is 0 Å². The van der Waals surface area contributed by atoms with Crippen molar-refractivity contribution < 1.29 is 14.3 Å². The molecule has 3 aromatic carbocycles. The fourth-order valence-electron chi connectivity index (χ4n) is 3.24. The monoisotopic (exact) mass is 416 g/mol. The molecule has 0 aliphatic heterocycles. The third-order valence-electron chi connectivity index (χ3n) is 5.00. The van der Waals surface area contributed by atoms with Crippen LogP contribution in [-0.4, -0.2) is 24.5 Å². The fourth-order valence-corrected chi connectivity index (χ4v) is 3.24. The quantitative estimate of drug-likeness (QED) is 0.535. The summed E-state index contributed by atoms with van der Waals surface area (Å²) >= 11 is 0. The van der Waals surface area contributed by atoms with E-state index in [2.05, 4.69) is 10.6 Å². The number of hydrogen-bond donors (Lipinski definition) is 2. The van der Waals surface area contributed by atoms with Crippen LogP contribution in [0.2, 0.25) is 0 Å². The standard InChI is InChI=1S/C26H28N2O3/c1-3-21-13-7-10-16-24(21)31-19(2)25(29)28-23-15-9-8-14-22(23)26(30)27-18-17-20-11-5-4-6-12-20/h4-16,19H,3,17-18H2,1-2H3,(H,27,30)(H,28,29)/t19-/m1/s1. The number of para-hydroxylation sites is 2. The van der Waals surface area contributed by atoms with Gasteiger partial charge in [0.15, 0.2) is 6.10 Å². The summed E-state index contributed by atoms with van der Waals surface area (Å²) in [5, 5.41) is 5.76. The van der Waals surface area contributed by atoms with Gasteiger partial charge in [0.1, 0.15) is 5.75 Å². The summed E-state index contributed by atoms with van der Waals surface area (Å²) in [5.74, 6) is 0.159. The minimum Gasteiger partial charge on any atom is -0.481 e. The van der Waals surface area contributed by atoms with E-state index >= 15 is 0 Å². The van der Waals surface area contributed by atoms with Crippen LogP contribution in [-0.2, 0) is 17.6 Å². The molecule has 0 bridgehead atoms. The second-order valence-electron chi connectivity index (χ2n) is 7.25. The predicted molar refractivity (Wildman–Crippen MR) is 123 cm³/mol. The zero-order chi connectivity index (χ0) is 22.1. The van der Waals surface area contributed by atoms with Crippen LogP contribution in [0.15, 0.2) is 78.9 Å². The molecular formula is C26H28N2O3. The molecule has 0 aliphatic carbocycles. The van der Waals surface area contributed by atoms with E-state index in [4.69, 9.17) is 4.74 Å². The Labute approximate surface area is 183 Å². The van der Waals surface area contributed by atoms with Gasteiger partial charge in [-0.25, -0.2) is 0 Å². The number of anilines is 1. The largest absolute Gasteiger partial charge is 0.481 e. The van der Waals surface area contributed by atoms with Crippen molar-refractivity contribution >= 4 is 17.5 Å². The highest BCUT2D eigenvalue weighted by Gasteiger charge is 2.19. The SMILES string of the molecule is CCc1ccccc1O[C@H](C)C(=O)Nc1ccccc1C(=O)NCCc1ccccc1. The van der Waals surface area contributed by atoms with Gasteiger partial charge in [0.2, 0.25) is 0 Å². The maximum absolute atomic E-state index is 12.7. The molecule has 0 aliphatic rings. The van der Waals surface area contributed by atoms with Crippen LogP contribution < -0.4 is 15.4 Å². The molecule has 0 aromatic heterocycles. The maximum Gasteiger partial charge on any atom is 0.265 e. The molecule has 2 amide bonds. The Hall–Kier alpha value is -3.60. The van der Waals surface area contributed by atoms with E-state index in [-0.39, 0.29) is 11.8 Å². The van der Waals surface area contributed by atoms with Gasteiger partial charge >= 0.3 is 0 Å². The number of aryl methyl sites for hydroxylation is 1. The predicted octanol–water partition coefficient (Wildman–Crippen LogP) is 4.63. The number of carbonyl (C=O) groups excluding carboxylic acids is 2. The van der Waals surface area contributed by atoms with Crippen LogP contribution in [0, 0.1) is 0 Å². The molecule has 0 radical (unpaired) electrons. The van der Waals surface area contributed by atoms with Crippen LogP contribution in [0.25, 0.3) is 0 Å². The number of amides is 2. The number of rotatable bonds is 9. The van der Waals surface area contributed by atoms with E-state index in [0.717, 1.165) is 24.0 Å². The second-order valence-corrected chi connectivity index (χ2v) is 7.25. The molecular weight excluding hydrogens is 388 g/mol. The summed E-state index contributed by atoms with van der Waals surface area (Å²) < 4.78 is 5.87. The Morgan fingerprint density at radius 1 is 0.903 bits per heavy atom. The van der Waals surface area contributed by atoms with E-state index in [1.165, 1.54) is 0 Å². The van der Waals surface area contributed by atoms with Crippen molar-refractivity contribution in [2.24, 2.45) is 0 Å². The molecule has 3 aromatic rings. The molecule has 0 unspecified atom stereocenters. The molecule has 0 spiro atoms. The van der Waals surface area contributed by atoms with Crippen molar-refractivity contribution in [3.63, 3.8) is 0 Å². The third-order valence-corrected chi connectivity index (χ3v) is 5.00. The zero-order valence-corrected chi connectivity index (χ0v) is 17.9. The first-order valence-corrected chi connectivity index (χ1v) is 10.5. The molecule has 5 heteroatoms. The van der Waals surface area contributed by atoms with Crippen molar-refractivity contribution in [1.82, 2.24) is 5.32 Å². The first-order valence-electron chi connectivity index (χ1n) is 10.5. The van der Waals surface area contributed by atoms with E-state index in [9.17, 15) is 9.59 Å². The van der Waals surface area contributed by atoms with Crippen molar-refractivity contribution in [2.75, 3.05) is 11.9 Å². The second kappa shape index (κ2) is 11.0. The summed E-state index contributed by atoms with van der Waals surface area (Å²) in [6.07, 6.45) is 0.848. The summed E-state index contributed by atoms with van der Waals surface area (Å²) in [4.78, 5) is 25.4. The van der Waals surface area contributed by atoms with Crippen molar-refractivity contribution in [2.45, 2.75) is 32.8 Å². The minimum atomic E-state index is -0.707. The van der Waals surface area contributed by atoms with Gasteiger partial charge in [-0.1, -0.05) is 67.6 Å². The number of carbonyl (C=O) groups is 2. The highest BCUT2D eigenvalue weighted by Crippen LogP contribution is 2.21. The topological polar surface area (TPSA) is 67.4 Å². The Morgan fingerprint density at radius 3 is 2.35 bits per heavy atom. The Bertz CT molecular complexity index is 1020. The summed E-state index contributed by atoms with van der Waals surface area (Å²) in [6, 6.07) is 24.6. The summed E-state index contributed by atoms with van der Waals surface area (Å²) in [5.41, 5.74) is 3.08. The van der Waals surface area contributed by atoms with Crippen LogP contribution in [0.4, 0.5) is 5.69 Å². The van der Waals surface area contributed by atoms with E-state index in [1.807, 2.05) is 61.5 Å². The van der Waals surface area contributed by atoms with Gasteiger partial charge in [-0.15, -0.1) is 0 Å². The average Bonchev–Trinajstić information content (AvgIpc) is 2.80. The number of nitrogens with one attached hydrogen (secondary N) is 2. The van der Waals surface area contributed by atoms with Crippen LogP contribution in [0.3, 0.4) is 0 Å². The van der Waals surface area contributed by atoms with Gasteiger partial charge in [-0.2, -0.15) is 0 Å². The van der Waals surface area contributed by atoms with E-state index in [0.29, 0.717) is 23.5 Å². The molecule has 31 heavy (non-hydrogen) atoms. The maximum atomic E-state index is 12.7. The molecule has 0 saturated heterocycles. The lowest BCUT2D eigenvalue weighted by molar-refractivity contribution is -0.122. The van der Waals surface area contributed by atoms with E-state index in [1.54, 1.807) is 31.2 Å². The van der Waals surface area contributed by atoms with Crippen molar-refractivity contribution in [3.05, 3.63) is 95.6 Å². The van der Waals surface area contributed by atoms with Gasteiger partial charge in [-0.3, -0.25) is 9.59 Å². The first kappa shape index (κ1) is 22.1. The first-order chi connectivity index (χ1) is 15.1. The molecule has 0 heterocycles. The van der Waals surface area contributed by atoms with Gasteiger partial charge in [-0.05, 0) is 49.1 Å². The van der Waals surface area contributed by atoms with Crippen molar-refractivity contribution in [3.8, 4) is 5.75 Å². The minimum absolute atomic E-state index is 0.225. The molecule has 1 atom stereocenters. The summed E-state index contributed by atoms with van der Waals surface area (Å²) in [6.45, 7) is 4.25. The summed E-state index contributed by atoms with van der Waals surface area (Å²) in [7, 11) is 0.